The number of carbonyl (C=O) groups excluding carboxylic acids is 1. The molecule has 0 unspecified atom stereocenters. The monoisotopic (exact) mass is 356 g/mol. The fourth-order valence-electron chi connectivity index (χ4n) is 3.36. The minimum atomic E-state index is -0.160. The highest BCUT2D eigenvalue weighted by atomic mass is 16.3. The van der Waals surface area contributed by atoms with E-state index in [1.165, 1.54) is 0 Å². The van der Waals surface area contributed by atoms with Gasteiger partial charge in [-0.05, 0) is 32.4 Å². The number of rotatable bonds is 4. The first kappa shape index (κ1) is 18.0. The SMILES string of the molecule is Cc1nc(C)c(CCC(=O)N2CCN(c3ccccc3O)CC2)c(=O)[nH]1. The van der Waals surface area contributed by atoms with Crippen molar-refractivity contribution in [3.05, 3.63) is 51.7 Å². The number of aryl methyl sites for hydroxylation is 2. The fraction of sp³-hybridized carbons (Fsp3) is 0.421. The number of anilines is 1. The lowest BCUT2D eigenvalue weighted by Gasteiger charge is -2.36. The van der Waals surface area contributed by atoms with Gasteiger partial charge in [-0.25, -0.2) is 4.98 Å². The molecule has 1 aromatic carbocycles. The number of aromatic nitrogens is 2. The van der Waals surface area contributed by atoms with Gasteiger partial charge in [-0.3, -0.25) is 9.59 Å². The number of aromatic hydroxyl groups is 1. The maximum atomic E-state index is 12.5. The average molecular weight is 356 g/mol. The van der Waals surface area contributed by atoms with Crippen molar-refractivity contribution in [2.75, 3.05) is 31.1 Å². The second-order valence-electron chi connectivity index (χ2n) is 6.57. The molecule has 2 aromatic rings. The number of benzene rings is 1. The molecule has 1 fully saturated rings. The van der Waals surface area contributed by atoms with Crippen molar-refractivity contribution in [3.8, 4) is 5.75 Å². The van der Waals surface area contributed by atoms with Crippen molar-refractivity contribution in [1.82, 2.24) is 14.9 Å². The zero-order valence-electron chi connectivity index (χ0n) is 15.2. The van der Waals surface area contributed by atoms with Gasteiger partial charge in [0.15, 0.2) is 0 Å². The Morgan fingerprint density at radius 3 is 2.54 bits per heavy atom. The average Bonchev–Trinajstić information content (AvgIpc) is 2.61. The van der Waals surface area contributed by atoms with E-state index in [9.17, 15) is 14.7 Å². The summed E-state index contributed by atoms with van der Waals surface area (Å²) in [7, 11) is 0. The predicted octanol–water partition coefficient (Wildman–Crippen LogP) is 1.37. The summed E-state index contributed by atoms with van der Waals surface area (Å²) >= 11 is 0. The number of hydrogen-bond donors (Lipinski definition) is 2. The Balaban J connectivity index is 1.56. The molecular formula is C19H24N4O3. The number of phenolic OH excluding ortho intramolecular Hbond substituents is 1. The quantitative estimate of drug-likeness (QED) is 0.864. The molecule has 1 saturated heterocycles. The van der Waals surface area contributed by atoms with Crippen LogP contribution in [0.4, 0.5) is 5.69 Å². The molecule has 138 valence electrons. The van der Waals surface area contributed by atoms with E-state index in [2.05, 4.69) is 14.9 Å². The van der Waals surface area contributed by atoms with E-state index >= 15 is 0 Å². The minimum absolute atomic E-state index is 0.0429. The standard InChI is InChI=1S/C19H24N4O3/c1-13-15(19(26)21-14(2)20-13)7-8-18(25)23-11-9-22(10-12-23)16-5-3-4-6-17(16)24/h3-6,24H,7-12H2,1-2H3,(H,20,21,26). The van der Waals surface area contributed by atoms with Gasteiger partial charge in [0.2, 0.25) is 5.91 Å². The molecule has 1 aliphatic rings. The largest absolute Gasteiger partial charge is 0.506 e. The van der Waals surface area contributed by atoms with Crippen LogP contribution in [0.15, 0.2) is 29.1 Å². The normalized spacial score (nSPS) is 14.5. The zero-order valence-corrected chi connectivity index (χ0v) is 15.2. The summed E-state index contributed by atoms with van der Waals surface area (Å²) in [4.78, 5) is 35.4. The van der Waals surface area contributed by atoms with E-state index in [1.807, 2.05) is 17.0 Å². The Labute approximate surface area is 152 Å². The number of H-pyrrole nitrogens is 1. The molecule has 2 N–H and O–H groups in total. The second kappa shape index (κ2) is 7.59. The van der Waals surface area contributed by atoms with Crippen molar-refractivity contribution < 1.29 is 9.90 Å². The molecule has 0 aliphatic carbocycles. The van der Waals surface area contributed by atoms with Gasteiger partial charge in [0.1, 0.15) is 11.6 Å². The van der Waals surface area contributed by atoms with Gasteiger partial charge in [0.05, 0.1) is 5.69 Å². The first-order chi connectivity index (χ1) is 12.5. The maximum absolute atomic E-state index is 12.5. The number of phenols is 1. The summed E-state index contributed by atoms with van der Waals surface area (Å²) in [6.07, 6.45) is 0.693. The van der Waals surface area contributed by atoms with Crippen LogP contribution in [0, 0.1) is 13.8 Å². The Kier molecular flexibility index (Phi) is 5.25. The molecule has 0 atom stereocenters. The van der Waals surface area contributed by atoms with Crippen molar-refractivity contribution in [3.63, 3.8) is 0 Å². The molecule has 1 aromatic heterocycles. The van der Waals surface area contributed by atoms with Gasteiger partial charge in [-0.15, -0.1) is 0 Å². The zero-order chi connectivity index (χ0) is 18.7. The number of nitrogens with zero attached hydrogens (tertiary/aromatic N) is 3. The molecule has 2 heterocycles. The van der Waals surface area contributed by atoms with E-state index in [0.717, 1.165) is 5.69 Å². The van der Waals surface area contributed by atoms with Gasteiger partial charge in [0.25, 0.3) is 5.56 Å². The smallest absolute Gasteiger partial charge is 0.254 e. The third-order valence-corrected chi connectivity index (χ3v) is 4.78. The first-order valence-electron chi connectivity index (χ1n) is 8.83. The van der Waals surface area contributed by atoms with E-state index < -0.39 is 0 Å². The number of carbonyl (C=O) groups is 1. The summed E-state index contributed by atoms with van der Waals surface area (Å²) in [5.41, 5.74) is 1.90. The Morgan fingerprint density at radius 2 is 1.88 bits per heavy atom. The van der Waals surface area contributed by atoms with Crippen molar-refractivity contribution in [2.45, 2.75) is 26.7 Å². The lowest BCUT2D eigenvalue weighted by Crippen LogP contribution is -2.48. The van der Waals surface area contributed by atoms with Gasteiger partial charge in [-0.2, -0.15) is 0 Å². The molecule has 0 spiro atoms. The molecule has 1 amide bonds. The third-order valence-electron chi connectivity index (χ3n) is 4.78. The lowest BCUT2D eigenvalue weighted by molar-refractivity contribution is -0.131. The predicted molar refractivity (Wildman–Crippen MR) is 99.6 cm³/mol. The highest BCUT2D eigenvalue weighted by Gasteiger charge is 2.22. The summed E-state index contributed by atoms with van der Waals surface area (Å²) < 4.78 is 0. The lowest BCUT2D eigenvalue weighted by atomic mass is 10.1. The molecule has 7 nitrogen and oxygen atoms in total. The highest BCUT2D eigenvalue weighted by molar-refractivity contribution is 5.77. The number of para-hydroxylation sites is 2. The van der Waals surface area contributed by atoms with Crippen LogP contribution in [-0.2, 0) is 11.2 Å². The number of aromatic amines is 1. The minimum Gasteiger partial charge on any atom is -0.506 e. The van der Waals surface area contributed by atoms with Crippen LogP contribution in [0.2, 0.25) is 0 Å². The van der Waals surface area contributed by atoms with Crippen LogP contribution in [0.1, 0.15) is 23.5 Å². The first-order valence-corrected chi connectivity index (χ1v) is 8.83. The topological polar surface area (TPSA) is 89.5 Å². The Hall–Kier alpha value is -2.83. The number of hydrogen-bond acceptors (Lipinski definition) is 5. The van der Waals surface area contributed by atoms with E-state index in [4.69, 9.17) is 0 Å². The number of piperazine rings is 1. The van der Waals surface area contributed by atoms with Gasteiger partial charge < -0.3 is 19.9 Å². The highest BCUT2D eigenvalue weighted by Crippen LogP contribution is 2.27. The molecule has 3 rings (SSSR count). The molecular weight excluding hydrogens is 332 g/mol. The van der Waals surface area contributed by atoms with Gasteiger partial charge >= 0.3 is 0 Å². The van der Waals surface area contributed by atoms with Crippen LogP contribution in [-0.4, -0.2) is 52.1 Å². The maximum Gasteiger partial charge on any atom is 0.254 e. The van der Waals surface area contributed by atoms with Crippen LogP contribution in [0.25, 0.3) is 0 Å². The number of nitrogens with one attached hydrogen (secondary N) is 1. The van der Waals surface area contributed by atoms with Crippen LogP contribution in [0.5, 0.6) is 5.75 Å². The fourth-order valence-corrected chi connectivity index (χ4v) is 3.36. The van der Waals surface area contributed by atoms with Crippen LogP contribution in [0.3, 0.4) is 0 Å². The van der Waals surface area contributed by atoms with Crippen LogP contribution < -0.4 is 10.5 Å². The van der Waals surface area contributed by atoms with Crippen molar-refractivity contribution in [1.29, 1.82) is 0 Å². The molecule has 0 bridgehead atoms. The van der Waals surface area contributed by atoms with E-state index in [1.54, 1.807) is 26.0 Å². The summed E-state index contributed by atoms with van der Waals surface area (Å²) in [6, 6.07) is 7.23. The van der Waals surface area contributed by atoms with Crippen molar-refractivity contribution >= 4 is 11.6 Å². The van der Waals surface area contributed by atoms with E-state index in [0.29, 0.717) is 56.1 Å². The second-order valence-corrected chi connectivity index (χ2v) is 6.57. The van der Waals surface area contributed by atoms with E-state index in [-0.39, 0.29) is 17.2 Å². The Morgan fingerprint density at radius 1 is 1.19 bits per heavy atom. The summed E-state index contributed by atoms with van der Waals surface area (Å²) in [5, 5.41) is 9.96. The van der Waals surface area contributed by atoms with Gasteiger partial charge in [0, 0.05) is 43.9 Å². The van der Waals surface area contributed by atoms with Crippen molar-refractivity contribution in [2.24, 2.45) is 0 Å². The number of amides is 1. The molecule has 0 saturated carbocycles. The third kappa shape index (κ3) is 3.87. The van der Waals surface area contributed by atoms with Crippen LogP contribution >= 0.6 is 0 Å². The molecule has 26 heavy (non-hydrogen) atoms. The molecule has 1 aliphatic heterocycles. The van der Waals surface area contributed by atoms with Gasteiger partial charge in [-0.1, -0.05) is 12.1 Å². The molecule has 7 heteroatoms. The summed E-state index contributed by atoms with van der Waals surface area (Å²) in [6.45, 7) is 6.10. The molecule has 0 radical (unpaired) electrons. The Bertz CT molecular complexity index is 854. The summed E-state index contributed by atoms with van der Waals surface area (Å²) in [5.74, 6) is 0.887.